The van der Waals surface area contributed by atoms with Crippen LogP contribution < -0.4 is 10.9 Å². The SMILES string of the molecule is CC[C@@]1(O)C(=O)OCc2c1cc1n(c2=O)Cc2c-1nc1cc(F)c(C)c3c1c2[C@@](C)(NC(=O)CO)CC3. The number of pyridine rings is 2. The van der Waals surface area contributed by atoms with Crippen LogP contribution in [-0.2, 0) is 45.0 Å². The Morgan fingerprint density at radius 1 is 1.27 bits per heavy atom. The van der Waals surface area contributed by atoms with Gasteiger partial charge in [0, 0.05) is 22.6 Å². The van der Waals surface area contributed by atoms with Gasteiger partial charge in [0.05, 0.1) is 34.6 Å². The largest absolute Gasteiger partial charge is 0.458 e. The van der Waals surface area contributed by atoms with Gasteiger partial charge >= 0.3 is 5.97 Å². The summed E-state index contributed by atoms with van der Waals surface area (Å²) >= 11 is 0. The van der Waals surface area contributed by atoms with E-state index in [2.05, 4.69) is 5.32 Å². The van der Waals surface area contributed by atoms with E-state index in [9.17, 15) is 29.0 Å². The second-order valence-electron chi connectivity index (χ2n) is 10.3. The van der Waals surface area contributed by atoms with Gasteiger partial charge in [-0.05, 0) is 55.9 Å². The number of nitrogens with zero attached hydrogens (tertiary/aromatic N) is 2. The predicted octanol–water partition coefficient (Wildman–Crippen LogP) is 1.80. The van der Waals surface area contributed by atoms with Crippen molar-refractivity contribution in [1.82, 2.24) is 14.9 Å². The Balaban J connectivity index is 1.69. The first-order valence-electron chi connectivity index (χ1n) is 12.3. The number of halogens is 1. The molecule has 1 aromatic carbocycles. The third kappa shape index (κ3) is 3.02. The molecule has 3 aromatic rings. The number of rotatable bonds is 3. The van der Waals surface area contributed by atoms with E-state index in [-0.39, 0.29) is 30.7 Å². The highest BCUT2D eigenvalue weighted by atomic mass is 19.1. The summed E-state index contributed by atoms with van der Waals surface area (Å²) in [7, 11) is 0. The number of fused-ring (bicyclic) bond motifs is 5. The fourth-order valence-corrected chi connectivity index (χ4v) is 6.28. The lowest BCUT2D eigenvalue weighted by Gasteiger charge is -2.38. The number of carbonyl (C=O) groups is 2. The van der Waals surface area contributed by atoms with Crippen LogP contribution in [0, 0.1) is 12.7 Å². The standard InChI is InChI=1S/C27H26FN3O6/c1-4-27(36)16-7-19-23-14(9-31(19)24(34)15(16)11-37-25(27)35)22-21-13(12(2)17(28)8-18(21)29-23)5-6-26(22,3)30-20(33)10-32/h7-8,32,36H,4-6,9-11H2,1-3H3,(H,30,33)/t26-,27-/m0/s1. The molecule has 0 spiro atoms. The first kappa shape index (κ1) is 23.7. The maximum absolute atomic E-state index is 15.0. The number of hydrogen-bond donors (Lipinski definition) is 3. The average Bonchev–Trinajstić information content (AvgIpc) is 3.24. The molecule has 2 aromatic heterocycles. The molecule has 4 heterocycles. The molecule has 0 bridgehead atoms. The molecule has 6 rings (SSSR count). The van der Waals surface area contributed by atoms with E-state index in [0.717, 1.165) is 16.5 Å². The summed E-state index contributed by atoms with van der Waals surface area (Å²) in [5, 5.41) is 24.3. The minimum Gasteiger partial charge on any atom is -0.458 e. The number of cyclic esters (lactones) is 1. The lowest BCUT2D eigenvalue weighted by atomic mass is 9.74. The van der Waals surface area contributed by atoms with E-state index in [4.69, 9.17) is 9.72 Å². The molecule has 0 saturated carbocycles. The summed E-state index contributed by atoms with van der Waals surface area (Å²) < 4.78 is 21.6. The molecule has 0 radical (unpaired) electrons. The predicted molar refractivity (Wildman–Crippen MR) is 130 cm³/mol. The molecule has 9 nitrogen and oxygen atoms in total. The number of hydrogen-bond acceptors (Lipinski definition) is 7. The summed E-state index contributed by atoms with van der Waals surface area (Å²) in [6.07, 6.45) is 0.977. The van der Waals surface area contributed by atoms with Crippen molar-refractivity contribution in [1.29, 1.82) is 0 Å². The number of benzene rings is 1. The van der Waals surface area contributed by atoms with E-state index in [0.29, 0.717) is 40.9 Å². The van der Waals surface area contributed by atoms with E-state index in [1.54, 1.807) is 19.9 Å². The lowest BCUT2D eigenvalue weighted by molar-refractivity contribution is -0.172. The van der Waals surface area contributed by atoms with Gasteiger partial charge in [-0.2, -0.15) is 0 Å². The lowest BCUT2D eigenvalue weighted by Crippen LogP contribution is -2.47. The number of aromatic nitrogens is 2. The van der Waals surface area contributed by atoms with Gasteiger partial charge in [-0.15, -0.1) is 0 Å². The summed E-state index contributed by atoms with van der Waals surface area (Å²) in [5.74, 6) is -1.75. The minimum atomic E-state index is -1.96. The third-order valence-electron chi connectivity index (χ3n) is 8.29. The molecule has 1 aliphatic carbocycles. The Bertz CT molecular complexity index is 1630. The van der Waals surface area contributed by atoms with Crippen molar-refractivity contribution in [3.63, 3.8) is 0 Å². The van der Waals surface area contributed by atoms with Gasteiger partial charge in [0.1, 0.15) is 19.0 Å². The highest BCUT2D eigenvalue weighted by Crippen LogP contribution is 2.47. The third-order valence-corrected chi connectivity index (χ3v) is 8.29. The first-order chi connectivity index (χ1) is 17.5. The van der Waals surface area contributed by atoms with Crippen molar-refractivity contribution >= 4 is 22.8 Å². The molecule has 1 amide bonds. The molecule has 2 aliphatic heterocycles. The van der Waals surface area contributed by atoms with Gasteiger partial charge < -0.3 is 24.8 Å². The van der Waals surface area contributed by atoms with Crippen LogP contribution in [0.15, 0.2) is 16.9 Å². The van der Waals surface area contributed by atoms with Crippen LogP contribution in [0.3, 0.4) is 0 Å². The van der Waals surface area contributed by atoms with Crippen molar-refractivity contribution in [2.24, 2.45) is 0 Å². The number of nitrogens with one attached hydrogen (secondary N) is 1. The molecule has 0 unspecified atom stereocenters. The zero-order chi connectivity index (χ0) is 26.4. The summed E-state index contributed by atoms with van der Waals surface area (Å²) in [5.41, 5.74) is 1.10. The van der Waals surface area contributed by atoms with Crippen LogP contribution in [0.25, 0.3) is 22.3 Å². The van der Waals surface area contributed by atoms with Crippen LogP contribution in [0.5, 0.6) is 0 Å². The van der Waals surface area contributed by atoms with Gasteiger partial charge in [0.2, 0.25) is 5.91 Å². The van der Waals surface area contributed by atoms with Gasteiger partial charge in [-0.1, -0.05) is 6.92 Å². The Morgan fingerprint density at radius 3 is 2.73 bits per heavy atom. The molecule has 2 atom stereocenters. The second kappa shape index (κ2) is 7.69. The topological polar surface area (TPSA) is 131 Å². The fourth-order valence-electron chi connectivity index (χ4n) is 6.28. The number of aryl methyl sites for hydroxylation is 1. The Labute approximate surface area is 210 Å². The van der Waals surface area contributed by atoms with Crippen molar-refractivity contribution in [3.8, 4) is 11.4 Å². The van der Waals surface area contributed by atoms with Gasteiger partial charge in [-0.3, -0.25) is 9.59 Å². The van der Waals surface area contributed by atoms with E-state index in [1.807, 2.05) is 6.92 Å². The van der Waals surface area contributed by atoms with Gasteiger partial charge in [0.25, 0.3) is 5.56 Å². The van der Waals surface area contributed by atoms with Gasteiger partial charge in [0.15, 0.2) is 5.60 Å². The van der Waals surface area contributed by atoms with Crippen LogP contribution >= 0.6 is 0 Å². The highest BCUT2D eigenvalue weighted by molar-refractivity contribution is 5.94. The normalized spacial score (nSPS) is 23.4. The molecule has 3 N–H and O–H groups in total. The molecule has 0 fully saturated rings. The van der Waals surface area contributed by atoms with Crippen molar-refractivity contribution in [3.05, 3.63) is 61.7 Å². The fraction of sp³-hybridized carbons (Fsp3) is 0.407. The van der Waals surface area contributed by atoms with Crippen LogP contribution in [0.4, 0.5) is 4.39 Å². The first-order valence-corrected chi connectivity index (χ1v) is 12.3. The van der Waals surface area contributed by atoms with E-state index < -0.39 is 41.0 Å². The Morgan fingerprint density at radius 2 is 2.03 bits per heavy atom. The molecule has 10 heteroatoms. The molecule has 192 valence electrons. The van der Waals surface area contributed by atoms with E-state index in [1.165, 1.54) is 10.6 Å². The Kier molecular flexibility index (Phi) is 4.93. The highest BCUT2D eigenvalue weighted by Gasteiger charge is 2.46. The number of ether oxygens (including phenoxy) is 1. The smallest absolute Gasteiger partial charge is 0.343 e. The quantitative estimate of drug-likeness (QED) is 0.361. The van der Waals surface area contributed by atoms with Crippen molar-refractivity contribution in [2.75, 3.05) is 6.61 Å². The maximum atomic E-state index is 15.0. The summed E-state index contributed by atoms with van der Waals surface area (Å²) in [4.78, 5) is 43.2. The number of aliphatic hydroxyl groups excluding tert-OH is 1. The van der Waals surface area contributed by atoms with Crippen molar-refractivity contribution < 1.29 is 28.9 Å². The molecule has 3 aliphatic rings. The Hall–Kier alpha value is -3.63. The number of esters is 1. The summed E-state index contributed by atoms with van der Waals surface area (Å²) in [6.45, 7) is 4.42. The average molecular weight is 508 g/mol. The number of carbonyl (C=O) groups excluding carboxylic acids is 2. The molecular weight excluding hydrogens is 481 g/mol. The second-order valence-corrected chi connectivity index (χ2v) is 10.3. The molecule has 37 heavy (non-hydrogen) atoms. The van der Waals surface area contributed by atoms with E-state index >= 15 is 0 Å². The zero-order valence-electron chi connectivity index (χ0n) is 20.7. The van der Waals surface area contributed by atoms with Crippen LogP contribution in [0.1, 0.15) is 60.1 Å². The number of amides is 1. The van der Waals surface area contributed by atoms with Crippen LogP contribution in [0.2, 0.25) is 0 Å². The molecular formula is C27H26FN3O6. The number of aliphatic hydroxyl groups is 2. The maximum Gasteiger partial charge on any atom is 0.343 e. The zero-order valence-corrected chi connectivity index (χ0v) is 20.7. The molecule has 0 saturated heterocycles. The monoisotopic (exact) mass is 507 g/mol. The van der Waals surface area contributed by atoms with Gasteiger partial charge in [-0.25, -0.2) is 14.2 Å². The van der Waals surface area contributed by atoms with Crippen molar-refractivity contribution in [2.45, 2.75) is 64.3 Å². The summed E-state index contributed by atoms with van der Waals surface area (Å²) in [6, 6.07) is 2.96. The minimum absolute atomic E-state index is 0.0179. The van der Waals surface area contributed by atoms with Crippen LogP contribution in [-0.4, -0.2) is 38.2 Å².